The lowest BCUT2D eigenvalue weighted by Gasteiger charge is -2.44. The van der Waals surface area contributed by atoms with E-state index in [-0.39, 0.29) is 21.2 Å². The number of cyclic esters (lactones) is 1. The molecule has 5 heteroatoms. The topological polar surface area (TPSA) is 26.3 Å². The second-order valence-electron chi connectivity index (χ2n) is 8.18. The van der Waals surface area contributed by atoms with Crippen LogP contribution in [0.1, 0.15) is 19.8 Å². The zero-order valence-electron chi connectivity index (χ0n) is 18.7. The molecule has 1 aliphatic rings. The first kappa shape index (κ1) is 24.1. The summed E-state index contributed by atoms with van der Waals surface area (Å²) in [5, 5.41) is 0. The number of esters is 1. The Bertz CT molecular complexity index is 953. The van der Waals surface area contributed by atoms with Crippen LogP contribution in [-0.2, 0) is 9.53 Å². The van der Waals surface area contributed by atoms with Crippen molar-refractivity contribution in [3.05, 3.63) is 103 Å². The predicted octanol–water partition coefficient (Wildman–Crippen LogP) is 8.16. The zero-order chi connectivity index (χ0) is 23.1. The molecule has 0 aliphatic carbocycles. The molecule has 170 valence electrons. The zero-order valence-corrected chi connectivity index (χ0v) is 21.1. The van der Waals surface area contributed by atoms with E-state index in [1.54, 1.807) is 0 Å². The summed E-state index contributed by atoms with van der Waals surface area (Å²) in [4.78, 5) is 16.6. The molecule has 2 nitrogen and oxygen atoms in total. The summed E-state index contributed by atoms with van der Waals surface area (Å²) in [5.41, 5.74) is 1.01. The highest BCUT2D eigenvalue weighted by Gasteiger charge is 2.50. The number of carbonyl (C=O) groups is 1. The minimum absolute atomic E-state index is 0.0936. The van der Waals surface area contributed by atoms with Crippen LogP contribution >= 0.6 is 35.3 Å². The Labute approximate surface area is 209 Å². The summed E-state index contributed by atoms with van der Waals surface area (Å²) in [6.07, 6.45) is 1.47. The largest absolute Gasteiger partial charge is 0.465 e. The van der Waals surface area contributed by atoms with E-state index in [2.05, 4.69) is 79.4 Å². The van der Waals surface area contributed by atoms with Crippen molar-refractivity contribution in [1.29, 1.82) is 0 Å². The van der Waals surface area contributed by atoms with E-state index >= 15 is 0 Å². The van der Waals surface area contributed by atoms with Gasteiger partial charge in [0.15, 0.2) is 0 Å². The number of rotatable bonds is 9. The van der Waals surface area contributed by atoms with Gasteiger partial charge in [-0.15, -0.1) is 6.58 Å². The molecular weight excluding hydrogens is 465 g/mol. The first-order valence-electron chi connectivity index (χ1n) is 11.1. The molecule has 1 aliphatic heterocycles. The monoisotopic (exact) mass is 492 g/mol. The molecule has 3 aromatic carbocycles. The highest BCUT2D eigenvalue weighted by atomic mass is 32.3. The van der Waals surface area contributed by atoms with Crippen LogP contribution in [-0.4, -0.2) is 16.0 Å². The highest BCUT2D eigenvalue weighted by Crippen LogP contribution is 2.62. The molecule has 1 fully saturated rings. The minimum Gasteiger partial charge on any atom is -0.465 e. The summed E-state index contributed by atoms with van der Waals surface area (Å²) in [7, 11) is 0. The highest BCUT2D eigenvalue weighted by molar-refractivity contribution is 8.33. The Hall–Kier alpha value is -2.08. The Kier molecular flexibility index (Phi) is 8.29. The average molecular weight is 493 g/mol. The SMILES string of the molecule is C=C(C)C[C@H]1C(=O)OCC[C@@H]1C(Sc1ccccc1)(Sc1ccccc1)Sc1ccccc1. The van der Waals surface area contributed by atoms with Crippen LogP contribution in [0.15, 0.2) is 118 Å². The fourth-order valence-corrected chi connectivity index (χ4v) is 9.43. The van der Waals surface area contributed by atoms with Gasteiger partial charge in [-0.2, -0.15) is 0 Å². The minimum atomic E-state index is -0.371. The number of ether oxygens (including phenoxy) is 1. The third-order valence-electron chi connectivity index (χ3n) is 5.49. The smallest absolute Gasteiger partial charge is 0.309 e. The molecule has 0 amide bonds. The number of thioether (sulfide) groups is 3. The van der Waals surface area contributed by atoms with Crippen molar-refractivity contribution in [2.24, 2.45) is 11.8 Å². The standard InChI is InChI=1S/C28H28O2S3/c1-21(2)20-25-26(18-19-30-27(25)29)28(31-22-12-6-3-7-13-22,32-23-14-8-4-9-15-23)33-24-16-10-5-11-17-24/h3-17,25-26H,1,18-20H2,2H3/t25-,26+/m1/s1. The van der Waals surface area contributed by atoms with Gasteiger partial charge in [-0.3, -0.25) is 4.79 Å². The third-order valence-corrected chi connectivity index (χ3v) is 10.3. The van der Waals surface area contributed by atoms with Crippen LogP contribution in [0.25, 0.3) is 0 Å². The van der Waals surface area contributed by atoms with Gasteiger partial charge in [-0.1, -0.05) is 95.5 Å². The Morgan fingerprint density at radius 2 is 1.27 bits per heavy atom. The van der Waals surface area contributed by atoms with Crippen LogP contribution in [0.2, 0.25) is 0 Å². The molecule has 4 rings (SSSR count). The fraction of sp³-hybridized carbons (Fsp3) is 0.250. The van der Waals surface area contributed by atoms with Crippen LogP contribution in [0, 0.1) is 11.8 Å². The maximum absolute atomic E-state index is 13.1. The second kappa shape index (κ2) is 11.4. The van der Waals surface area contributed by atoms with Crippen LogP contribution < -0.4 is 0 Å². The van der Waals surface area contributed by atoms with E-state index in [4.69, 9.17) is 4.74 Å². The first-order chi connectivity index (χ1) is 16.1. The fourth-order valence-electron chi connectivity index (χ4n) is 4.03. The summed E-state index contributed by atoms with van der Waals surface area (Å²) in [5.74, 6) is -0.231. The number of carbonyl (C=O) groups excluding carboxylic acids is 1. The van der Waals surface area contributed by atoms with Gasteiger partial charge in [0.2, 0.25) is 0 Å². The van der Waals surface area contributed by atoms with Crippen molar-refractivity contribution in [3.8, 4) is 0 Å². The Morgan fingerprint density at radius 3 is 1.67 bits per heavy atom. The summed E-state index contributed by atoms with van der Waals surface area (Å²) < 4.78 is 5.19. The quantitative estimate of drug-likeness (QED) is 0.130. The van der Waals surface area contributed by atoms with E-state index in [1.165, 1.54) is 14.7 Å². The van der Waals surface area contributed by atoms with Gasteiger partial charge in [0.05, 0.1) is 12.5 Å². The van der Waals surface area contributed by atoms with Gasteiger partial charge >= 0.3 is 5.97 Å². The van der Waals surface area contributed by atoms with Crippen molar-refractivity contribution < 1.29 is 9.53 Å². The summed E-state index contributed by atoms with van der Waals surface area (Å²) in [6, 6.07) is 31.5. The molecule has 1 saturated heterocycles. The Morgan fingerprint density at radius 1 is 0.848 bits per heavy atom. The third kappa shape index (κ3) is 6.28. The first-order valence-corrected chi connectivity index (χ1v) is 13.5. The van der Waals surface area contributed by atoms with Crippen LogP contribution in [0.3, 0.4) is 0 Å². The molecule has 3 aromatic rings. The predicted molar refractivity (Wildman–Crippen MR) is 142 cm³/mol. The lowest BCUT2D eigenvalue weighted by atomic mass is 9.84. The second-order valence-corrected chi connectivity index (χ2v) is 12.9. The molecule has 1 heterocycles. The van der Waals surface area contributed by atoms with Gasteiger partial charge in [0.25, 0.3) is 0 Å². The van der Waals surface area contributed by atoms with Crippen LogP contribution in [0.5, 0.6) is 0 Å². The van der Waals surface area contributed by atoms with E-state index in [1.807, 2.05) is 60.4 Å². The van der Waals surface area contributed by atoms with Gasteiger partial charge in [0, 0.05) is 20.6 Å². The average Bonchev–Trinajstić information content (AvgIpc) is 2.82. The van der Waals surface area contributed by atoms with Crippen molar-refractivity contribution in [3.63, 3.8) is 0 Å². The van der Waals surface area contributed by atoms with Gasteiger partial charge < -0.3 is 4.74 Å². The normalized spacial score (nSPS) is 18.5. The molecule has 33 heavy (non-hydrogen) atoms. The molecule has 2 atom stereocenters. The lowest BCUT2D eigenvalue weighted by Crippen LogP contribution is -2.42. The van der Waals surface area contributed by atoms with E-state index < -0.39 is 0 Å². The molecule has 0 spiro atoms. The van der Waals surface area contributed by atoms with E-state index in [0.717, 1.165) is 12.0 Å². The van der Waals surface area contributed by atoms with Gasteiger partial charge in [-0.05, 0) is 56.2 Å². The van der Waals surface area contributed by atoms with Crippen LogP contribution in [0.4, 0.5) is 0 Å². The molecule has 0 saturated carbocycles. The maximum Gasteiger partial charge on any atom is 0.309 e. The molecule has 0 aromatic heterocycles. The number of benzene rings is 3. The number of allylic oxidation sites excluding steroid dienone is 1. The van der Waals surface area contributed by atoms with Gasteiger partial charge in [0.1, 0.15) is 3.41 Å². The summed E-state index contributed by atoms with van der Waals surface area (Å²) in [6.45, 7) is 6.58. The molecule has 0 unspecified atom stereocenters. The van der Waals surface area contributed by atoms with Gasteiger partial charge in [-0.25, -0.2) is 0 Å². The van der Waals surface area contributed by atoms with E-state index in [9.17, 15) is 4.79 Å². The van der Waals surface area contributed by atoms with Crippen molar-refractivity contribution in [2.45, 2.75) is 37.9 Å². The number of hydrogen-bond donors (Lipinski definition) is 0. The van der Waals surface area contributed by atoms with Crippen molar-refractivity contribution >= 4 is 41.3 Å². The summed E-state index contributed by atoms with van der Waals surface area (Å²) >= 11 is 5.56. The van der Waals surface area contributed by atoms with E-state index in [0.29, 0.717) is 13.0 Å². The molecule has 0 radical (unpaired) electrons. The Balaban J connectivity index is 1.84. The maximum atomic E-state index is 13.1. The van der Waals surface area contributed by atoms with Crippen molar-refractivity contribution in [2.75, 3.05) is 6.61 Å². The lowest BCUT2D eigenvalue weighted by molar-refractivity contribution is -0.156. The molecular formula is C28H28O2S3. The number of hydrogen-bond acceptors (Lipinski definition) is 5. The molecule has 0 bridgehead atoms. The van der Waals surface area contributed by atoms with Crippen molar-refractivity contribution in [1.82, 2.24) is 0 Å². The molecule has 0 N–H and O–H groups in total.